The minimum Gasteiger partial charge on any atom is -0.369 e. The molecule has 0 spiro atoms. The van der Waals surface area contributed by atoms with Crippen LogP contribution in [0.2, 0.25) is 0 Å². The highest BCUT2D eigenvalue weighted by Gasteiger charge is 2.12. The van der Waals surface area contributed by atoms with Crippen LogP contribution in [0.25, 0.3) is 0 Å². The number of rotatable bonds is 6. The number of hydrogen-bond acceptors (Lipinski definition) is 2. The van der Waals surface area contributed by atoms with Crippen molar-refractivity contribution in [3.8, 4) is 6.07 Å². The normalized spacial score (nSPS) is 12.0. The number of amides is 1. The van der Waals surface area contributed by atoms with Gasteiger partial charge < -0.3 is 5.73 Å². The number of hydrogen-bond donors (Lipinski definition) is 1. The third-order valence-electron chi connectivity index (χ3n) is 1.85. The first-order valence-electron chi connectivity index (χ1n) is 4.41. The molecule has 0 radical (unpaired) electrons. The lowest BCUT2D eigenvalue weighted by molar-refractivity contribution is -0.120. The molecule has 0 fully saturated rings. The Morgan fingerprint density at radius 2 is 2.17 bits per heavy atom. The van der Waals surface area contributed by atoms with Crippen molar-refractivity contribution in [2.45, 2.75) is 39.0 Å². The van der Waals surface area contributed by atoms with Gasteiger partial charge in [0, 0.05) is 0 Å². The van der Waals surface area contributed by atoms with Gasteiger partial charge in [0.15, 0.2) is 0 Å². The van der Waals surface area contributed by atoms with Crippen molar-refractivity contribution in [2.75, 3.05) is 0 Å². The van der Waals surface area contributed by atoms with E-state index in [4.69, 9.17) is 11.0 Å². The second-order valence-electron chi connectivity index (χ2n) is 2.93. The molecule has 0 aromatic rings. The number of unbranched alkanes of at least 4 members (excludes halogenated alkanes) is 3. The molecule has 2 N–H and O–H groups in total. The minimum absolute atomic E-state index is 0.492. The zero-order valence-electron chi connectivity index (χ0n) is 7.55. The summed E-state index contributed by atoms with van der Waals surface area (Å²) in [6.07, 6.45) is 4.95. The summed E-state index contributed by atoms with van der Waals surface area (Å²) in [6, 6.07) is 1.90. The van der Waals surface area contributed by atoms with E-state index in [1.807, 2.05) is 6.07 Å². The molecule has 0 rings (SSSR count). The van der Waals surface area contributed by atoms with Crippen LogP contribution in [-0.2, 0) is 4.79 Å². The maximum Gasteiger partial charge on any atom is 0.234 e. The summed E-state index contributed by atoms with van der Waals surface area (Å²) in [4.78, 5) is 10.6. The van der Waals surface area contributed by atoms with E-state index in [1.165, 1.54) is 0 Å². The summed E-state index contributed by atoms with van der Waals surface area (Å²) in [5, 5.41) is 8.50. The van der Waals surface area contributed by atoms with Gasteiger partial charge in [-0.05, 0) is 6.42 Å². The van der Waals surface area contributed by atoms with Crippen LogP contribution >= 0.6 is 0 Å². The van der Waals surface area contributed by atoms with Gasteiger partial charge in [-0.2, -0.15) is 5.26 Å². The Labute approximate surface area is 73.6 Å². The number of nitrogens with zero attached hydrogens (tertiary/aromatic N) is 1. The quantitative estimate of drug-likeness (QED) is 0.612. The van der Waals surface area contributed by atoms with Gasteiger partial charge in [0.25, 0.3) is 0 Å². The number of nitriles is 1. The van der Waals surface area contributed by atoms with Crippen LogP contribution in [0.5, 0.6) is 0 Å². The molecule has 0 aromatic carbocycles. The van der Waals surface area contributed by atoms with E-state index in [9.17, 15) is 4.79 Å². The van der Waals surface area contributed by atoms with E-state index in [0.717, 1.165) is 25.7 Å². The van der Waals surface area contributed by atoms with Crippen LogP contribution in [0.4, 0.5) is 0 Å². The molecular formula is C9H16N2O. The fourth-order valence-corrected chi connectivity index (χ4v) is 1.05. The van der Waals surface area contributed by atoms with Crippen molar-refractivity contribution in [1.82, 2.24) is 0 Å². The first-order chi connectivity index (χ1) is 5.72. The molecule has 0 aliphatic heterocycles. The predicted octanol–water partition coefficient (Wildman–Crippen LogP) is 1.58. The van der Waals surface area contributed by atoms with Crippen molar-refractivity contribution in [3.63, 3.8) is 0 Å². The van der Waals surface area contributed by atoms with Gasteiger partial charge in [0.05, 0.1) is 6.07 Å². The van der Waals surface area contributed by atoms with E-state index in [0.29, 0.717) is 6.42 Å². The fourth-order valence-electron chi connectivity index (χ4n) is 1.05. The zero-order valence-corrected chi connectivity index (χ0v) is 7.55. The highest BCUT2D eigenvalue weighted by atomic mass is 16.1. The number of primary amides is 1. The maximum absolute atomic E-state index is 10.6. The molecule has 0 aliphatic carbocycles. The number of carbonyl (C=O) groups excluding carboxylic acids is 1. The first-order valence-corrected chi connectivity index (χ1v) is 4.41. The Morgan fingerprint density at radius 3 is 2.58 bits per heavy atom. The van der Waals surface area contributed by atoms with E-state index in [2.05, 4.69) is 6.92 Å². The molecule has 0 heterocycles. The second kappa shape index (κ2) is 6.66. The molecule has 0 saturated heterocycles. The van der Waals surface area contributed by atoms with Crippen molar-refractivity contribution in [2.24, 2.45) is 11.7 Å². The van der Waals surface area contributed by atoms with Gasteiger partial charge in [0.1, 0.15) is 5.92 Å². The van der Waals surface area contributed by atoms with E-state index < -0.39 is 11.8 Å². The van der Waals surface area contributed by atoms with Crippen LogP contribution < -0.4 is 5.73 Å². The third-order valence-corrected chi connectivity index (χ3v) is 1.85. The molecule has 0 aliphatic rings. The Morgan fingerprint density at radius 1 is 1.50 bits per heavy atom. The fraction of sp³-hybridized carbons (Fsp3) is 0.778. The van der Waals surface area contributed by atoms with Crippen LogP contribution in [0, 0.1) is 17.2 Å². The molecule has 0 saturated carbocycles. The summed E-state index contributed by atoms with van der Waals surface area (Å²) >= 11 is 0. The van der Waals surface area contributed by atoms with Crippen molar-refractivity contribution in [3.05, 3.63) is 0 Å². The zero-order chi connectivity index (χ0) is 9.40. The van der Waals surface area contributed by atoms with Gasteiger partial charge in [-0.1, -0.05) is 32.6 Å². The van der Waals surface area contributed by atoms with Gasteiger partial charge >= 0.3 is 0 Å². The molecule has 3 heteroatoms. The second-order valence-corrected chi connectivity index (χ2v) is 2.93. The molecule has 1 unspecified atom stereocenters. The van der Waals surface area contributed by atoms with Crippen molar-refractivity contribution in [1.29, 1.82) is 5.26 Å². The molecule has 0 aromatic heterocycles. The summed E-state index contributed by atoms with van der Waals surface area (Å²) in [6.45, 7) is 2.12. The monoisotopic (exact) mass is 168 g/mol. The predicted molar refractivity (Wildman–Crippen MR) is 47.1 cm³/mol. The van der Waals surface area contributed by atoms with Crippen LogP contribution in [0.15, 0.2) is 0 Å². The standard InChI is InChI=1S/C9H16N2O/c1-2-3-4-5-6-8(7-10)9(11)12/h8H,2-6H2,1H3,(H2,11,12). The van der Waals surface area contributed by atoms with Gasteiger partial charge in [-0.15, -0.1) is 0 Å². The lowest BCUT2D eigenvalue weighted by atomic mass is 10.0. The SMILES string of the molecule is CCCCCCC(C#N)C(N)=O. The molecule has 3 nitrogen and oxygen atoms in total. The Bertz CT molecular complexity index is 172. The molecule has 12 heavy (non-hydrogen) atoms. The van der Waals surface area contributed by atoms with Crippen LogP contribution in [-0.4, -0.2) is 5.91 Å². The lowest BCUT2D eigenvalue weighted by Crippen LogP contribution is -2.21. The Kier molecular flexibility index (Phi) is 6.08. The smallest absolute Gasteiger partial charge is 0.234 e. The summed E-state index contributed by atoms with van der Waals surface area (Å²) < 4.78 is 0. The summed E-state index contributed by atoms with van der Waals surface area (Å²) in [5.74, 6) is -1.07. The van der Waals surface area contributed by atoms with Crippen LogP contribution in [0.3, 0.4) is 0 Å². The highest BCUT2D eigenvalue weighted by Crippen LogP contribution is 2.09. The number of nitrogens with two attached hydrogens (primary N) is 1. The summed E-state index contributed by atoms with van der Waals surface area (Å²) in [7, 11) is 0. The van der Waals surface area contributed by atoms with E-state index >= 15 is 0 Å². The van der Waals surface area contributed by atoms with Gasteiger partial charge in [-0.25, -0.2) is 0 Å². The third kappa shape index (κ3) is 4.73. The molecule has 1 amide bonds. The average Bonchev–Trinajstić information content (AvgIpc) is 2.04. The average molecular weight is 168 g/mol. The van der Waals surface area contributed by atoms with Crippen molar-refractivity contribution >= 4 is 5.91 Å². The largest absolute Gasteiger partial charge is 0.369 e. The first kappa shape index (κ1) is 11.0. The minimum atomic E-state index is -0.582. The van der Waals surface area contributed by atoms with Gasteiger partial charge in [0.2, 0.25) is 5.91 Å². The Balaban J connectivity index is 3.47. The molecule has 68 valence electrons. The highest BCUT2D eigenvalue weighted by molar-refractivity contribution is 5.79. The van der Waals surface area contributed by atoms with E-state index in [1.54, 1.807) is 0 Å². The summed E-state index contributed by atoms with van der Waals surface area (Å²) in [5.41, 5.74) is 5.00. The molecule has 0 bridgehead atoms. The Hall–Kier alpha value is -1.04. The number of carbonyl (C=O) groups is 1. The van der Waals surface area contributed by atoms with Gasteiger partial charge in [-0.3, -0.25) is 4.79 Å². The lowest BCUT2D eigenvalue weighted by Gasteiger charge is -2.02. The van der Waals surface area contributed by atoms with E-state index in [-0.39, 0.29) is 0 Å². The van der Waals surface area contributed by atoms with Crippen LogP contribution in [0.1, 0.15) is 39.0 Å². The molecular weight excluding hydrogens is 152 g/mol. The maximum atomic E-state index is 10.6. The topological polar surface area (TPSA) is 66.9 Å². The van der Waals surface area contributed by atoms with Crippen molar-refractivity contribution < 1.29 is 4.79 Å². The molecule has 1 atom stereocenters.